The first-order chi connectivity index (χ1) is 15.2. The monoisotopic (exact) mass is 447 g/mol. The SMILES string of the molecule is CC1Oc2ccccc2N(CCC(=O)Nc2cc(C(F)(F)F)ccc2N2CCCC2)C1=O. The predicted molar refractivity (Wildman–Crippen MR) is 115 cm³/mol. The molecule has 2 aliphatic heterocycles. The van der Waals surface area contributed by atoms with Gasteiger partial charge < -0.3 is 19.9 Å². The Morgan fingerprint density at radius 1 is 1.12 bits per heavy atom. The Bertz CT molecular complexity index is 1020. The van der Waals surface area contributed by atoms with Crippen LogP contribution in [0, 0.1) is 0 Å². The van der Waals surface area contributed by atoms with Crippen molar-refractivity contribution in [3.63, 3.8) is 0 Å². The summed E-state index contributed by atoms with van der Waals surface area (Å²) in [5, 5.41) is 2.64. The molecule has 2 amide bonds. The van der Waals surface area contributed by atoms with E-state index in [1.165, 1.54) is 11.0 Å². The molecule has 6 nitrogen and oxygen atoms in total. The van der Waals surface area contributed by atoms with Crippen LogP contribution in [0.25, 0.3) is 0 Å². The first kappa shape index (κ1) is 22.0. The second-order valence-electron chi connectivity index (χ2n) is 7.94. The molecule has 0 saturated carbocycles. The van der Waals surface area contributed by atoms with Crippen molar-refractivity contribution >= 4 is 28.9 Å². The van der Waals surface area contributed by atoms with E-state index in [2.05, 4.69) is 5.32 Å². The topological polar surface area (TPSA) is 61.9 Å². The van der Waals surface area contributed by atoms with Gasteiger partial charge in [0.1, 0.15) is 5.75 Å². The largest absolute Gasteiger partial charge is 0.479 e. The van der Waals surface area contributed by atoms with Gasteiger partial charge in [-0.15, -0.1) is 0 Å². The fourth-order valence-electron chi connectivity index (χ4n) is 4.06. The van der Waals surface area contributed by atoms with Gasteiger partial charge in [0, 0.05) is 26.1 Å². The van der Waals surface area contributed by atoms with Crippen LogP contribution in [0.1, 0.15) is 31.7 Å². The van der Waals surface area contributed by atoms with Gasteiger partial charge in [0.25, 0.3) is 5.91 Å². The molecule has 32 heavy (non-hydrogen) atoms. The van der Waals surface area contributed by atoms with E-state index >= 15 is 0 Å². The lowest BCUT2D eigenvalue weighted by atomic mass is 10.1. The van der Waals surface area contributed by atoms with Crippen molar-refractivity contribution in [1.29, 1.82) is 0 Å². The van der Waals surface area contributed by atoms with Crippen molar-refractivity contribution in [1.82, 2.24) is 0 Å². The molecule has 0 radical (unpaired) electrons. The van der Waals surface area contributed by atoms with Gasteiger partial charge in [0.15, 0.2) is 6.10 Å². The fraction of sp³-hybridized carbons (Fsp3) is 0.391. The van der Waals surface area contributed by atoms with Crippen LogP contribution in [0.5, 0.6) is 5.75 Å². The number of ether oxygens (including phenoxy) is 1. The molecule has 1 atom stereocenters. The van der Waals surface area contributed by atoms with Crippen molar-refractivity contribution in [3.05, 3.63) is 48.0 Å². The molecule has 2 aromatic carbocycles. The molecule has 2 aliphatic rings. The Balaban J connectivity index is 1.51. The molecule has 2 heterocycles. The minimum Gasteiger partial charge on any atom is -0.479 e. The van der Waals surface area contributed by atoms with Gasteiger partial charge in [0.2, 0.25) is 5.91 Å². The number of rotatable bonds is 5. The Labute approximate surface area is 183 Å². The highest BCUT2D eigenvalue weighted by Gasteiger charge is 2.33. The summed E-state index contributed by atoms with van der Waals surface area (Å²) < 4.78 is 45.3. The Hall–Kier alpha value is -3.23. The highest BCUT2D eigenvalue weighted by molar-refractivity contribution is 6.01. The number of alkyl halides is 3. The van der Waals surface area contributed by atoms with Crippen molar-refractivity contribution < 1.29 is 27.5 Å². The Morgan fingerprint density at radius 3 is 2.56 bits per heavy atom. The van der Waals surface area contributed by atoms with Crippen molar-refractivity contribution in [2.75, 3.05) is 34.8 Å². The molecule has 0 spiro atoms. The average Bonchev–Trinajstić information content (AvgIpc) is 3.28. The molecule has 2 aromatic rings. The van der Waals surface area contributed by atoms with E-state index in [1.807, 2.05) is 4.90 Å². The summed E-state index contributed by atoms with van der Waals surface area (Å²) in [6, 6.07) is 10.5. The van der Waals surface area contributed by atoms with Crippen LogP contribution < -0.4 is 19.9 Å². The molecule has 1 unspecified atom stereocenters. The fourth-order valence-corrected chi connectivity index (χ4v) is 4.06. The van der Waals surface area contributed by atoms with Gasteiger partial charge >= 0.3 is 6.18 Å². The minimum atomic E-state index is -4.51. The third-order valence-electron chi connectivity index (χ3n) is 5.68. The van der Waals surface area contributed by atoms with E-state index in [9.17, 15) is 22.8 Å². The highest BCUT2D eigenvalue weighted by atomic mass is 19.4. The van der Waals surface area contributed by atoms with Crippen molar-refractivity contribution in [3.8, 4) is 5.75 Å². The number of nitrogens with zero attached hydrogens (tertiary/aromatic N) is 2. The molecule has 0 aliphatic carbocycles. The smallest absolute Gasteiger partial charge is 0.416 e. The number of hydrogen-bond donors (Lipinski definition) is 1. The Kier molecular flexibility index (Phi) is 5.99. The Morgan fingerprint density at radius 2 is 1.84 bits per heavy atom. The third kappa shape index (κ3) is 4.51. The number of anilines is 3. The number of halogens is 3. The number of nitrogens with one attached hydrogen (secondary N) is 1. The van der Waals surface area contributed by atoms with E-state index < -0.39 is 23.8 Å². The van der Waals surface area contributed by atoms with Crippen LogP contribution in [0.3, 0.4) is 0 Å². The highest BCUT2D eigenvalue weighted by Crippen LogP contribution is 2.37. The lowest BCUT2D eigenvalue weighted by Crippen LogP contribution is -2.45. The molecule has 9 heteroatoms. The number of carbonyl (C=O) groups excluding carboxylic acids is 2. The van der Waals surface area contributed by atoms with E-state index in [0.29, 0.717) is 17.1 Å². The van der Waals surface area contributed by atoms with Gasteiger partial charge in [-0.05, 0) is 50.1 Å². The zero-order chi connectivity index (χ0) is 22.9. The number of carbonyl (C=O) groups is 2. The lowest BCUT2D eigenvalue weighted by molar-refractivity contribution is -0.137. The maximum absolute atomic E-state index is 13.2. The first-order valence-corrected chi connectivity index (χ1v) is 10.6. The van der Waals surface area contributed by atoms with E-state index in [0.717, 1.165) is 38.1 Å². The number of amides is 2. The molecule has 0 aromatic heterocycles. The maximum Gasteiger partial charge on any atom is 0.416 e. The van der Waals surface area contributed by atoms with Crippen molar-refractivity contribution in [2.24, 2.45) is 0 Å². The summed E-state index contributed by atoms with van der Waals surface area (Å²) in [6.07, 6.45) is -3.36. The summed E-state index contributed by atoms with van der Waals surface area (Å²) in [5.41, 5.74) is 0.459. The summed E-state index contributed by atoms with van der Waals surface area (Å²) in [7, 11) is 0. The quantitative estimate of drug-likeness (QED) is 0.736. The normalized spacial score (nSPS) is 18.4. The molecule has 4 rings (SSSR count). The van der Waals surface area contributed by atoms with Crippen LogP contribution in [0.15, 0.2) is 42.5 Å². The zero-order valence-corrected chi connectivity index (χ0v) is 17.6. The van der Waals surface area contributed by atoms with Gasteiger partial charge in [-0.2, -0.15) is 13.2 Å². The standard InChI is InChI=1S/C23H24F3N3O3/c1-15-22(31)29(19-6-2-3-7-20(19)32-15)13-10-21(30)27-17-14-16(23(24,25)26)8-9-18(17)28-11-4-5-12-28/h2-3,6-9,14-15H,4-5,10-13H2,1H3,(H,27,30). The number of hydrogen-bond acceptors (Lipinski definition) is 4. The lowest BCUT2D eigenvalue weighted by Gasteiger charge is -2.32. The minimum absolute atomic E-state index is 0.0670. The van der Waals surface area contributed by atoms with Gasteiger partial charge in [-0.1, -0.05) is 12.1 Å². The third-order valence-corrected chi connectivity index (χ3v) is 5.68. The summed E-state index contributed by atoms with van der Waals surface area (Å²) >= 11 is 0. The number of para-hydroxylation sites is 2. The van der Waals surface area contributed by atoms with E-state index in [1.54, 1.807) is 31.2 Å². The van der Waals surface area contributed by atoms with Crippen LogP contribution in [0.2, 0.25) is 0 Å². The molecule has 1 saturated heterocycles. The average molecular weight is 447 g/mol. The van der Waals surface area contributed by atoms with E-state index in [4.69, 9.17) is 4.74 Å². The summed E-state index contributed by atoms with van der Waals surface area (Å²) in [4.78, 5) is 28.7. The number of benzene rings is 2. The second kappa shape index (κ2) is 8.72. The maximum atomic E-state index is 13.2. The summed E-state index contributed by atoms with van der Waals surface area (Å²) in [5.74, 6) is -0.184. The molecular formula is C23H24F3N3O3. The van der Waals surface area contributed by atoms with Gasteiger partial charge in [-0.25, -0.2) is 0 Å². The van der Waals surface area contributed by atoms with Crippen LogP contribution >= 0.6 is 0 Å². The molecular weight excluding hydrogens is 423 g/mol. The van der Waals surface area contributed by atoms with Gasteiger partial charge in [0.05, 0.1) is 22.6 Å². The zero-order valence-electron chi connectivity index (χ0n) is 17.6. The van der Waals surface area contributed by atoms with Crippen LogP contribution in [-0.4, -0.2) is 37.6 Å². The summed E-state index contributed by atoms with van der Waals surface area (Å²) in [6.45, 7) is 3.18. The molecule has 1 N–H and O–H groups in total. The molecule has 1 fully saturated rings. The first-order valence-electron chi connectivity index (χ1n) is 10.6. The van der Waals surface area contributed by atoms with Gasteiger partial charge in [-0.3, -0.25) is 9.59 Å². The molecule has 0 bridgehead atoms. The van der Waals surface area contributed by atoms with Crippen LogP contribution in [0.4, 0.5) is 30.2 Å². The van der Waals surface area contributed by atoms with Crippen LogP contribution in [-0.2, 0) is 15.8 Å². The molecule has 170 valence electrons. The predicted octanol–water partition coefficient (Wildman–Crippen LogP) is 4.45. The number of fused-ring (bicyclic) bond motifs is 1. The second-order valence-corrected chi connectivity index (χ2v) is 7.94. The van der Waals surface area contributed by atoms with E-state index in [-0.39, 0.29) is 24.6 Å². The van der Waals surface area contributed by atoms with Crippen molar-refractivity contribution in [2.45, 2.75) is 38.5 Å².